The van der Waals surface area contributed by atoms with E-state index in [0.717, 1.165) is 5.56 Å². The molecular formula is C17H23F2N3O3. The Labute approximate surface area is 145 Å². The quantitative estimate of drug-likeness (QED) is 0.813. The van der Waals surface area contributed by atoms with Crippen molar-refractivity contribution in [3.63, 3.8) is 0 Å². The minimum atomic E-state index is -2.89. The third kappa shape index (κ3) is 4.88. The van der Waals surface area contributed by atoms with E-state index in [1.54, 1.807) is 11.0 Å². The molecule has 8 heteroatoms. The number of nitrogens with one attached hydrogen (secondary N) is 1. The van der Waals surface area contributed by atoms with Crippen LogP contribution in [0.15, 0.2) is 18.2 Å². The number of nitrogens with zero attached hydrogens (tertiary/aromatic N) is 1. The Bertz CT molecular complexity index is 638. The third-order valence-electron chi connectivity index (χ3n) is 4.13. The molecule has 0 aromatic heterocycles. The lowest BCUT2D eigenvalue weighted by molar-refractivity contribution is -0.126. The highest BCUT2D eigenvalue weighted by Crippen LogP contribution is 2.31. The standard InChI is InChI=1S/C17H23F2N3O3/c1-10(2)15(20)16(24)21-9-14(23)22-7-3-4-11-8-12(25-17(18)19)5-6-13(11)22/h5-6,8,10,15,17H,3-4,7,9,20H2,1-2H3,(H,21,24)/t15-/m0/s1. The van der Waals surface area contributed by atoms with Crippen LogP contribution in [0.4, 0.5) is 14.5 Å². The van der Waals surface area contributed by atoms with Gasteiger partial charge >= 0.3 is 6.61 Å². The zero-order chi connectivity index (χ0) is 18.6. The number of alkyl halides is 2. The molecule has 2 rings (SSSR count). The summed E-state index contributed by atoms with van der Waals surface area (Å²) in [5.74, 6) is -0.604. The number of nitrogens with two attached hydrogens (primary N) is 1. The van der Waals surface area contributed by atoms with E-state index >= 15 is 0 Å². The first-order valence-corrected chi connectivity index (χ1v) is 8.21. The molecule has 0 aliphatic carbocycles. The van der Waals surface area contributed by atoms with Crippen molar-refractivity contribution in [3.8, 4) is 5.75 Å². The molecule has 1 aromatic rings. The molecule has 1 aliphatic rings. The van der Waals surface area contributed by atoms with E-state index in [1.807, 2.05) is 13.8 Å². The van der Waals surface area contributed by atoms with E-state index < -0.39 is 12.7 Å². The van der Waals surface area contributed by atoms with Crippen molar-refractivity contribution < 1.29 is 23.1 Å². The fourth-order valence-electron chi connectivity index (χ4n) is 2.69. The average Bonchev–Trinajstić information content (AvgIpc) is 2.57. The number of hydrogen-bond donors (Lipinski definition) is 2. The maximum Gasteiger partial charge on any atom is 0.387 e. The van der Waals surface area contributed by atoms with Gasteiger partial charge in [0.1, 0.15) is 5.75 Å². The molecule has 0 spiro atoms. The Kier molecular flexibility index (Phi) is 6.30. The zero-order valence-corrected chi connectivity index (χ0v) is 14.3. The fraction of sp³-hybridized carbons (Fsp3) is 0.529. The molecule has 0 fully saturated rings. The van der Waals surface area contributed by atoms with E-state index in [2.05, 4.69) is 10.1 Å². The van der Waals surface area contributed by atoms with Gasteiger partial charge in [-0.3, -0.25) is 9.59 Å². The summed E-state index contributed by atoms with van der Waals surface area (Å²) in [4.78, 5) is 25.9. The number of rotatable bonds is 6. The van der Waals surface area contributed by atoms with Crippen molar-refractivity contribution in [1.82, 2.24) is 5.32 Å². The number of hydrogen-bond acceptors (Lipinski definition) is 4. The van der Waals surface area contributed by atoms with E-state index in [4.69, 9.17) is 5.73 Å². The van der Waals surface area contributed by atoms with Crippen LogP contribution in [0.2, 0.25) is 0 Å². The van der Waals surface area contributed by atoms with Crippen LogP contribution in [0.5, 0.6) is 5.75 Å². The largest absolute Gasteiger partial charge is 0.435 e. The lowest BCUT2D eigenvalue weighted by Gasteiger charge is -2.30. The zero-order valence-electron chi connectivity index (χ0n) is 14.3. The lowest BCUT2D eigenvalue weighted by atomic mass is 10.0. The second-order valence-electron chi connectivity index (χ2n) is 6.31. The van der Waals surface area contributed by atoms with Gasteiger partial charge in [0.15, 0.2) is 0 Å². The first-order valence-electron chi connectivity index (χ1n) is 8.21. The summed E-state index contributed by atoms with van der Waals surface area (Å²) < 4.78 is 29.0. The van der Waals surface area contributed by atoms with Crippen LogP contribution in [0.1, 0.15) is 25.8 Å². The maximum atomic E-state index is 12.4. The number of fused-ring (bicyclic) bond motifs is 1. The van der Waals surface area contributed by atoms with Gasteiger partial charge in [-0.05, 0) is 42.5 Å². The first-order chi connectivity index (χ1) is 11.8. The predicted molar refractivity (Wildman–Crippen MR) is 89.6 cm³/mol. The summed E-state index contributed by atoms with van der Waals surface area (Å²) >= 11 is 0. The smallest absolute Gasteiger partial charge is 0.387 e. The van der Waals surface area contributed by atoms with Crippen LogP contribution in [0.25, 0.3) is 0 Å². The molecule has 0 bridgehead atoms. The molecule has 25 heavy (non-hydrogen) atoms. The minimum absolute atomic E-state index is 0.0286. The summed E-state index contributed by atoms with van der Waals surface area (Å²) in [6.45, 7) is 1.11. The molecule has 138 valence electrons. The molecule has 3 N–H and O–H groups in total. The lowest BCUT2D eigenvalue weighted by Crippen LogP contribution is -2.48. The van der Waals surface area contributed by atoms with Crippen LogP contribution in [-0.2, 0) is 16.0 Å². The van der Waals surface area contributed by atoms with E-state index in [-0.39, 0.29) is 30.0 Å². The highest BCUT2D eigenvalue weighted by atomic mass is 19.3. The van der Waals surface area contributed by atoms with Crippen molar-refractivity contribution in [3.05, 3.63) is 23.8 Å². The van der Waals surface area contributed by atoms with Gasteiger partial charge in [0.05, 0.1) is 12.6 Å². The summed E-state index contributed by atoms with van der Waals surface area (Å²) in [5.41, 5.74) is 7.17. The summed E-state index contributed by atoms with van der Waals surface area (Å²) in [6, 6.07) is 3.85. The molecule has 1 heterocycles. The topological polar surface area (TPSA) is 84.7 Å². The average molecular weight is 355 g/mol. The number of amides is 2. The molecule has 2 amide bonds. The highest BCUT2D eigenvalue weighted by molar-refractivity contribution is 5.98. The van der Waals surface area contributed by atoms with Gasteiger partial charge in [0.25, 0.3) is 0 Å². The van der Waals surface area contributed by atoms with Crippen LogP contribution < -0.4 is 20.7 Å². The van der Waals surface area contributed by atoms with Crippen molar-refractivity contribution >= 4 is 17.5 Å². The third-order valence-corrected chi connectivity index (χ3v) is 4.13. The van der Waals surface area contributed by atoms with Gasteiger partial charge in [-0.1, -0.05) is 13.8 Å². The molecular weight excluding hydrogens is 332 g/mol. The molecule has 0 saturated heterocycles. The number of benzene rings is 1. The van der Waals surface area contributed by atoms with Crippen molar-refractivity contribution in [2.24, 2.45) is 11.7 Å². The Morgan fingerprint density at radius 1 is 1.36 bits per heavy atom. The van der Waals surface area contributed by atoms with Crippen LogP contribution in [0.3, 0.4) is 0 Å². The Morgan fingerprint density at radius 3 is 2.72 bits per heavy atom. The summed E-state index contributed by atoms with van der Waals surface area (Å²) in [5, 5.41) is 2.55. The minimum Gasteiger partial charge on any atom is -0.435 e. The van der Waals surface area contributed by atoms with Crippen LogP contribution in [-0.4, -0.2) is 37.6 Å². The molecule has 0 saturated carbocycles. The van der Waals surface area contributed by atoms with Gasteiger partial charge in [-0.15, -0.1) is 0 Å². The van der Waals surface area contributed by atoms with Crippen molar-refractivity contribution in [1.29, 1.82) is 0 Å². The monoisotopic (exact) mass is 355 g/mol. The normalized spacial score (nSPS) is 15.1. The second kappa shape index (κ2) is 8.24. The Morgan fingerprint density at radius 2 is 2.08 bits per heavy atom. The summed E-state index contributed by atoms with van der Waals surface area (Å²) in [6.07, 6.45) is 1.38. The number of carbonyl (C=O) groups is 2. The molecule has 0 unspecified atom stereocenters. The Hall–Kier alpha value is -2.22. The van der Waals surface area contributed by atoms with Gasteiger partial charge < -0.3 is 20.7 Å². The number of ether oxygens (including phenoxy) is 1. The summed E-state index contributed by atoms with van der Waals surface area (Å²) in [7, 11) is 0. The van der Waals surface area contributed by atoms with Gasteiger partial charge in [-0.2, -0.15) is 8.78 Å². The molecule has 0 radical (unpaired) electrons. The van der Waals surface area contributed by atoms with Crippen LogP contribution in [0, 0.1) is 5.92 Å². The maximum absolute atomic E-state index is 12.4. The molecule has 1 atom stereocenters. The molecule has 1 aliphatic heterocycles. The van der Waals surface area contributed by atoms with Crippen molar-refractivity contribution in [2.75, 3.05) is 18.0 Å². The van der Waals surface area contributed by atoms with E-state index in [9.17, 15) is 18.4 Å². The molecule has 6 nitrogen and oxygen atoms in total. The van der Waals surface area contributed by atoms with Crippen LogP contribution >= 0.6 is 0 Å². The van der Waals surface area contributed by atoms with Gasteiger partial charge in [0.2, 0.25) is 11.8 Å². The van der Waals surface area contributed by atoms with Gasteiger partial charge in [0, 0.05) is 12.2 Å². The van der Waals surface area contributed by atoms with E-state index in [0.29, 0.717) is 25.1 Å². The second-order valence-corrected chi connectivity index (χ2v) is 6.31. The molecule has 1 aromatic carbocycles. The SMILES string of the molecule is CC(C)[C@H](N)C(=O)NCC(=O)N1CCCc2cc(OC(F)F)ccc21. The fourth-order valence-corrected chi connectivity index (χ4v) is 2.69. The van der Waals surface area contributed by atoms with E-state index in [1.165, 1.54) is 12.1 Å². The first kappa shape index (κ1) is 19.1. The number of aryl methyl sites for hydroxylation is 1. The number of anilines is 1. The number of carbonyl (C=O) groups excluding carboxylic acids is 2. The Balaban J connectivity index is 2.04. The van der Waals surface area contributed by atoms with Gasteiger partial charge in [-0.25, -0.2) is 0 Å². The highest BCUT2D eigenvalue weighted by Gasteiger charge is 2.24. The number of halogens is 2. The predicted octanol–water partition coefficient (Wildman–Crippen LogP) is 1.67. The van der Waals surface area contributed by atoms with Crippen molar-refractivity contribution in [2.45, 2.75) is 39.3 Å².